The molecule has 0 bridgehead atoms. The molecule has 0 amide bonds. The average Bonchev–Trinajstić information content (AvgIpc) is 2.80. The highest BCUT2D eigenvalue weighted by Crippen LogP contribution is 2.35. The Balaban J connectivity index is 1.21. The van der Waals surface area contributed by atoms with E-state index in [0.29, 0.717) is 12.4 Å². The van der Waals surface area contributed by atoms with Crippen LogP contribution in [-0.4, -0.2) is 49.1 Å². The van der Waals surface area contributed by atoms with Crippen molar-refractivity contribution in [1.82, 2.24) is 9.80 Å². The summed E-state index contributed by atoms with van der Waals surface area (Å²) in [5.74, 6) is 1.28. The van der Waals surface area contributed by atoms with E-state index < -0.39 is 11.7 Å². The predicted octanol–water partition coefficient (Wildman–Crippen LogP) is 4.67. The molecule has 31 heavy (non-hydrogen) atoms. The first-order valence-electron chi connectivity index (χ1n) is 10.4. The highest BCUT2D eigenvalue weighted by Gasteiger charge is 2.34. The summed E-state index contributed by atoms with van der Waals surface area (Å²) >= 11 is 0. The minimum absolute atomic E-state index is 0.127. The molecule has 0 aromatic heterocycles. The smallest absolute Gasteiger partial charge is 0.419 e. The van der Waals surface area contributed by atoms with Crippen molar-refractivity contribution in [3.8, 4) is 5.75 Å². The number of piperazine rings is 1. The molecule has 1 saturated heterocycles. The molecule has 2 aliphatic heterocycles. The Morgan fingerprint density at radius 3 is 2.48 bits per heavy atom. The van der Waals surface area contributed by atoms with Gasteiger partial charge in [0, 0.05) is 32.7 Å². The number of allylic oxidation sites excluding steroid dienone is 4. The summed E-state index contributed by atoms with van der Waals surface area (Å²) in [7, 11) is 0. The summed E-state index contributed by atoms with van der Waals surface area (Å²) in [6.45, 7) is 3.76. The standard InChI is InChI=1S/C23H25F3N2O3/c24-23(25,26)19-8-4-5-9-20(19)29-15-14-27-10-12-28(13-11-27)22-17-30-21(16-31-22)18-6-2-1-3-7-18/h1-2,4-6,8-9,16-17H,3,7,10-15H2. The van der Waals surface area contributed by atoms with Crippen molar-refractivity contribution in [3.05, 3.63) is 77.8 Å². The van der Waals surface area contributed by atoms with Gasteiger partial charge in [-0.3, -0.25) is 4.90 Å². The van der Waals surface area contributed by atoms with Crippen LogP contribution in [0.5, 0.6) is 5.75 Å². The Kier molecular flexibility index (Phi) is 6.56. The molecule has 0 atom stereocenters. The Bertz CT molecular complexity index is 898. The fourth-order valence-electron chi connectivity index (χ4n) is 3.69. The molecule has 5 nitrogen and oxygen atoms in total. The van der Waals surface area contributed by atoms with E-state index in [1.807, 2.05) is 12.2 Å². The van der Waals surface area contributed by atoms with Crippen LogP contribution >= 0.6 is 0 Å². The first-order valence-corrected chi connectivity index (χ1v) is 10.4. The van der Waals surface area contributed by atoms with E-state index in [9.17, 15) is 13.2 Å². The van der Waals surface area contributed by atoms with Crippen LogP contribution in [0, 0.1) is 0 Å². The third-order valence-electron chi connectivity index (χ3n) is 5.45. The molecule has 1 aromatic rings. The second-order valence-electron chi connectivity index (χ2n) is 7.50. The van der Waals surface area contributed by atoms with Crippen LogP contribution in [0.3, 0.4) is 0 Å². The van der Waals surface area contributed by atoms with Crippen molar-refractivity contribution in [3.63, 3.8) is 0 Å². The van der Waals surface area contributed by atoms with E-state index in [0.717, 1.165) is 56.4 Å². The maximum atomic E-state index is 13.0. The van der Waals surface area contributed by atoms with Crippen LogP contribution in [0.15, 0.2) is 72.2 Å². The first-order chi connectivity index (χ1) is 15.0. The van der Waals surface area contributed by atoms with Crippen LogP contribution in [0.25, 0.3) is 0 Å². The second-order valence-corrected chi connectivity index (χ2v) is 7.50. The number of hydrogen-bond acceptors (Lipinski definition) is 5. The number of hydrogen-bond donors (Lipinski definition) is 0. The highest BCUT2D eigenvalue weighted by atomic mass is 19.4. The van der Waals surface area contributed by atoms with Gasteiger partial charge in [-0.1, -0.05) is 30.4 Å². The molecule has 0 saturated carbocycles. The molecule has 8 heteroatoms. The summed E-state index contributed by atoms with van der Waals surface area (Å²) in [6, 6.07) is 5.30. The summed E-state index contributed by atoms with van der Waals surface area (Å²) in [6.07, 6.45) is 6.98. The number of ether oxygens (including phenoxy) is 3. The van der Waals surface area contributed by atoms with E-state index in [1.54, 1.807) is 18.6 Å². The third kappa shape index (κ3) is 5.44. The van der Waals surface area contributed by atoms with Gasteiger partial charge in [0.2, 0.25) is 5.88 Å². The summed E-state index contributed by atoms with van der Waals surface area (Å²) in [4.78, 5) is 4.26. The van der Waals surface area contributed by atoms with Gasteiger partial charge in [-0.25, -0.2) is 0 Å². The molecule has 0 spiro atoms. The SMILES string of the molecule is FC(F)(F)c1ccccc1OCCN1CCN(C2=COC(C3=CC=CCC3)=CO2)CC1. The Labute approximate surface area is 179 Å². The number of nitrogens with zero attached hydrogens (tertiary/aromatic N) is 2. The number of para-hydroxylation sites is 1. The van der Waals surface area contributed by atoms with Crippen molar-refractivity contribution >= 4 is 0 Å². The summed E-state index contributed by atoms with van der Waals surface area (Å²) in [5, 5.41) is 0. The van der Waals surface area contributed by atoms with Gasteiger partial charge in [0.05, 0.1) is 5.56 Å². The van der Waals surface area contributed by atoms with Gasteiger partial charge in [-0.05, 0) is 30.5 Å². The van der Waals surface area contributed by atoms with E-state index in [2.05, 4.69) is 15.9 Å². The van der Waals surface area contributed by atoms with Gasteiger partial charge in [-0.15, -0.1) is 0 Å². The molecule has 1 aromatic carbocycles. The normalized spacial score (nSPS) is 19.7. The molecule has 2 heterocycles. The lowest BCUT2D eigenvalue weighted by molar-refractivity contribution is -0.139. The molecular weight excluding hydrogens is 409 g/mol. The molecule has 166 valence electrons. The number of alkyl halides is 3. The lowest BCUT2D eigenvalue weighted by Crippen LogP contribution is -2.47. The zero-order chi connectivity index (χ0) is 21.7. The predicted molar refractivity (Wildman–Crippen MR) is 110 cm³/mol. The van der Waals surface area contributed by atoms with Crippen LogP contribution in [0.2, 0.25) is 0 Å². The first kappa shape index (κ1) is 21.4. The molecule has 0 N–H and O–H groups in total. The zero-order valence-corrected chi connectivity index (χ0v) is 17.1. The minimum Gasteiger partial charge on any atom is -0.492 e. The van der Waals surface area contributed by atoms with Crippen molar-refractivity contribution in [2.75, 3.05) is 39.3 Å². The van der Waals surface area contributed by atoms with E-state index >= 15 is 0 Å². The van der Waals surface area contributed by atoms with Crippen molar-refractivity contribution in [1.29, 1.82) is 0 Å². The monoisotopic (exact) mass is 434 g/mol. The van der Waals surface area contributed by atoms with Gasteiger partial charge in [-0.2, -0.15) is 13.2 Å². The van der Waals surface area contributed by atoms with Gasteiger partial charge < -0.3 is 19.1 Å². The highest BCUT2D eigenvalue weighted by molar-refractivity contribution is 5.35. The second kappa shape index (κ2) is 9.51. The lowest BCUT2D eigenvalue weighted by atomic mass is 10.0. The number of benzene rings is 1. The lowest BCUT2D eigenvalue weighted by Gasteiger charge is -2.36. The van der Waals surface area contributed by atoms with Gasteiger partial charge in [0.15, 0.2) is 12.0 Å². The van der Waals surface area contributed by atoms with Crippen LogP contribution in [0.4, 0.5) is 13.2 Å². The fraction of sp³-hybridized carbons (Fsp3) is 0.391. The number of rotatable bonds is 6. The van der Waals surface area contributed by atoms with Crippen LogP contribution in [0.1, 0.15) is 18.4 Å². The molecule has 0 unspecified atom stereocenters. The molecule has 1 fully saturated rings. The van der Waals surface area contributed by atoms with Crippen molar-refractivity contribution in [2.45, 2.75) is 19.0 Å². The Morgan fingerprint density at radius 2 is 1.81 bits per heavy atom. The molecular formula is C23H25F3N2O3. The summed E-state index contributed by atoms with van der Waals surface area (Å²) in [5.41, 5.74) is 0.378. The van der Waals surface area contributed by atoms with E-state index in [-0.39, 0.29) is 12.4 Å². The number of halogens is 3. The van der Waals surface area contributed by atoms with Gasteiger partial charge >= 0.3 is 6.18 Å². The Morgan fingerprint density at radius 1 is 1.00 bits per heavy atom. The van der Waals surface area contributed by atoms with Gasteiger partial charge in [0.25, 0.3) is 0 Å². The topological polar surface area (TPSA) is 34.2 Å². The third-order valence-corrected chi connectivity index (χ3v) is 5.45. The van der Waals surface area contributed by atoms with Gasteiger partial charge in [0.1, 0.15) is 18.6 Å². The quantitative estimate of drug-likeness (QED) is 0.650. The van der Waals surface area contributed by atoms with Crippen LogP contribution < -0.4 is 4.74 Å². The summed E-state index contributed by atoms with van der Waals surface area (Å²) < 4.78 is 56.1. The maximum Gasteiger partial charge on any atom is 0.419 e. The maximum absolute atomic E-state index is 13.0. The van der Waals surface area contributed by atoms with E-state index in [1.165, 1.54) is 12.1 Å². The molecule has 0 radical (unpaired) electrons. The molecule has 4 rings (SSSR count). The molecule has 1 aliphatic carbocycles. The Hall–Kier alpha value is -2.87. The largest absolute Gasteiger partial charge is 0.492 e. The van der Waals surface area contributed by atoms with Crippen LogP contribution in [-0.2, 0) is 15.7 Å². The molecule has 3 aliphatic rings. The van der Waals surface area contributed by atoms with Crippen molar-refractivity contribution in [2.24, 2.45) is 0 Å². The minimum atomic E-state index is -4.42. The van der Waals surface area contributed by atoms with E-state index in [4.69, 9.17) is 14.2 Å². The fourth-order valence-corrected chi connectivity index (χ4v) is 3.69. The van der Waals surface area contributed by atoms with Crippen molar-refractivity contribution < 1.29 is 27.4 Å². The average molecular weight is 434 g/mol. The zero-order valence-electron chi connectivity index (χ0n) is 17.1.